The molecule has 3 aromatic rings. The lowest BCUT2D eigenvalue weighted by atomic mass is 10.2. The van der Waals surface area contributed by atoms with E-state index in [4.69, 9.17) is 4.74 Å². The third-order valence-corrected chi connectivity index (χ3v) is 4.47. The Morgan fingerprint density at radius 1 is 1.14 bits per heavy atom. The van der Waals surface area contributed by atoms with Gasteiger partial charge in [0.1, 0.15) is 12.3 Å². The molecule has 8 heteroatoms. The van der Waals surface area contributed by atoms with Crippen LogP contribution in [0.2, 0.25) is 0 Å². The smallest absolute Gasteiger partial charge is 0.294 e. The largest absolute Gasteiger partial charge is 0.495 e. The van der Waals surface area contributed by atoms with E-state index in [2.05, 4.69) is 10.3 Å². The van der Waals surface area contributed by atoms with Crippen molar-refractivity contribution in [3.63, 3.8) is 0 Å². The second kappa shape index (κ2) is 8.55. The Bertz CT molecular complexity index is 1120. The molecule has 1 N–H and O–H groups in total. The lowest BCUT2D eigenvalue weighted by Crippen LogP contribution is -2.38. The summed E-state index contributed by atoms with van der Waals surface area (Å²) in [5.41, 5.74) is 1.03. The molecule has 1 aromatic heterocycles. The Hall–Kier alpha value is -3.68. The van der Waals surface area contributed by atoms with E-state index in [1.165, 1.54) is 23.5 Å². The van der Waals surface area contributed by atoms with E-state index in [9.17, 15) is 14.4 Å². The summed E-state index contributed by atoms with van der Waals surface area (Å²) < 4.78 is 6.57. The normalized spacial score (nSPS) is 10.6. The van der Waals surface area contributed by atoms with Crippen molar-refractivity contribution in [2.75, 3.05) is 23.9 Å². The van der Waals surface area contributed by atoms with Gasteiger partial charge in [-0.2, -0.15) is 0 Å². The van der Waals surface area contributed by atoms with Gasteiger partial charge < -0.3 is 10.1 Å². The summed E-state index contributed by atoms with van der Waals surface area (Å²) in [7, 11) is 1.51. The molecule has 150 valence electrons. The van der Waals surface area contributed by atoms with E-state index in [0.717, 1.165) is 0 Å². The molecule has 3 rings (SSSR count). The molecule has 0 spiro atoms. The van der Waals surface area contributed by atoms with Gasteiger partial charge in [0, 0.05) is 13.5 Å². The second-order valence-corrected chi connectivity index (χ2v) is 6.33. The van der Waals surface area contributed by atoms with Crippen molar-refractivity contribution in [3.8, 4) is 5.75 Å². The third kappa shape index (κ3) is 4.11. The highest BCUT2D eigenvalue weighted by atomic mass is 16.5. The zero-order valence-electron chi connectivity index (χ0n) is 16.5. The van der Waals surface area contributed by atoms with Crippen LogP contribution >= 0.6 is 0 Å². The van der Waals surface area contributed by atoms with Crippen LogP contribution in [0.4, 0.5) is 11.5 Å². The summed E-state index contributed by atoms with van der Waals surface area (Å²) in [5.74, 6) is -0.173. The molecular formula is C21H22N4O4. The van der Waals surface area contributed by atoms with Gasteiger partial charge in [-0.25, -0.2) is 4.98 Å². The first-order chi connectivity index (χ1) is 14.0. The summed E-state index contributed by atoms with van der Waals surface area (Å²) in [6, 6.07) is 14.0. The summed E-state index contributed by atoms with van der Waals surface area (Å²) in [6.45, 7) is 3.20. The molecule has 0 aliphatic heterocycles. The molecule has 0 radical (unpaired) electrons. The fourth-order valence-electron chi connectivity index (χ4n) is 3.11. The number of hydrogen-bond acceptors (Lipinski definition) is 5. The summed E-state index contributed by atoms with van der Waals surface area (Å²) in [5, 5.41) is 2.76. The van der Waals surface area contributed by atoms with Crippen LogP contribution in [-0.4, -0.2) is 35.0 Å². The Morgan fingerprint density at radius 3 is 2.52 bits per heavy atom. The van der Waals surface area contributed by atoms with E-state index in [1.807, 2.05) is 0 Å². The predicted molar refractivity (Wildman–Crippen MR) is 111 cm³/mol. The molecule has 2 amide bonds. The number of benzene rings is 2. The molecule has 0 aliphatic rings. The molecule has 2 aromatic carbocycles. The minimum Gasteiger partial charge on any atom is -0.495 e. The number of fused-ring (bicyclic) bond motifs is 1. The highest BCUT2D eigenvalue weighted by Crippen LogP contribution is 2.23. The lowest BCUT2D eigenvalue weighted by Gasteiger charge is -2.20. The number of carbonyl (C=O) groups excluding carboxylic acids is 2. The van der Waals surface area contributed by atoms with E-state index in [0.29, 0.717) is 29.0 Å². The number of para-hydroxylation sites is 4. The maximum Gasteiger partial charge on any atom is 0.294 e. The fourth-order valence-corrected chi connectivity index (χ4v) is 3.11. The van der Waals surface area contributed by atoms with Crippen molar-refractivity contribution < 1.29 is 14.3 Å². The van der Waals surface area contributed by atoms with Crippen molar-refractivity contribution in [3.05, 3.63) is 58.9 Å². The van der Waals surface area contributed by atoms with Gasteiger partial charge in [0.2, 0.25) is 17.6 Å². The number of aromatic nitrogens is 2. The molecule has 0 aliphatic carbocycles. The number of amides is 2. The average molecular weight is 394 g/mol. The molecule has 1 heterocycles. The molecule has 0 unspecified atom stereocenters. The number of carbonyl (C=O) groups is 2. The number of ether oxygens (including phenoxy) is 1. The monoisotopic (exact) mass is 394 g/mol. The zero-order chi connectivity index (χ0) is 21.0. The molecule has 0 saturated heterocycles. The Morgan fingerprint density at radius 2 is 1.83 bits per heavy atom. The van der Waals surface area contributed by atoms with Crippen molar-refractivity contribution in [2.24, 2.45) is 0 Å². The van der Waals surface area contributed by atoms with Gasteiger partial charge in [-0.15, -0.1) is 0 Å². The van der Waals surface area contributed by atoms with Crippen molar-refractivity contribution in [2.45, 2.75) is 20.4 Å². The minimum absolute atomic E-state index is 0.00351. The lowest BCUT2D eigenvalue weighted by molar-refractivity contribution is -0.117. The zero-order valence-corrected chi connectivity index (χ0v) is 16.5. The highest BCUT2D eigenvalue weighted by Gasteiger charge is 2.20. The van der Waals surface area contributed by atoms with Gasteiger partial charge in [-0.05, 0) is 31.2 Å². The second-order valence-electron chi connectivity index (χ2n) is 6.33. The first-order valence-electron chi connectivity index (χ1n) is 9.16. The van der Waals surface area contributed by atoms with Gasteiger partial charge in [0.15, 0.2) is 0 Å². The van der Waals surface area contributed by atoms with Crippen LogP contribution < -0.4 is 20.5 Å². The van der Waals surface area contributed by atoms with Crippen LogP contribution in [0.1, 0.15) is 13.8 Å². The van der Waals surface area contributed by atoms with Gasteiger partial charge in [0.25, 0.3) is 5.56 Å². The summed E-state index contributed by atoms with van der Waals surface area (Å²) in [6.07, 6.45) is 0. The molecule has 29 heavy (non-hydrogen) atoms. The summed E-state index contributed by atoms with van der Waals surface area (Å²) >= 11 is 0. The summed E-state index contributed by atoms with van der Waals surface area (Å²) in [4.78, 5) is 43.4. The van der Waals surface area contributed by atoms with E-state index >= 15 is 0 Å². The van der Waals surface area contributed by atoms with Crippen LogP contribution in [0, 0.1) is 0 Å². The van der Waals surface area contributed by atoms with E-state index in [1.54, 1.807) is 55.5 Å². The van der Waals surface area contributed by atoms with Gasteiger partial charge in [-0.3, -0.25) is 23.9 Å². The van der Waals surface area contributed by atoms with E-state index < -0.39 is 11.5 Å². The number of nitrogens with zero attached hydrogens (tertiary/aromatic N) is 3. The molecular weight excluding hydrogens is 372 g/mol. The maximum atomic E-state index is 13.1. The molecule has 0 saturated carbocycles. The third-order valence-electron chi connectivity index (χ3n) is 4.47. The van der Waals surface area contributed by atoms with Crippen molar-refractivity contribution >= 4 is 34.4 Å². The number of methoxy groups -OCH3 is 1. The fraction of sp³-hybridized carbons (Fsp3) is 0.238. The molecule has 0 atom stereocenters. The van der Waals surface area contributed by atoms with E-state index in [-0.39, 0.29) is 18.3 Å². The van der Waals surface area contributed by atoms with Crippen LogP contribution in [0.15, 0.2) is 53.3 Å². The van der Waals surface area contributed by atoms with Crippen LogP contribution in [0.5, 0.6) is 5.75 Å². The van der Waals surface area contributed by atoms with Crippen LogP contribution in [-0.2, 0) is 16.1 Å². The van der Waals surface area contributed by atoms with Crippen molar-refractivity contribution in [1.29, 1.82) is 0 Å². The molecule has 0 fully saturated rings. The first-order valence-corrected chi connectivity index (χ1v) is 9.16. The number of anilines is 2. The highest BCUT2D eigenvalue weighted by molar-refractivity contribution is 5.94. The van der Waals surface area contributed by atoms with Crippen molar-refractivity contribution in [1.82, 2.24) is 9.55 Å². The van der Waals surface area contributed by atoms with Gasteiger partial charge in [-0.1, -0.05) is 24.3 Å². The quantitative estimate of drug-likeness (QED) is 0.693. The Kier molecular flexibility index (Phi) is 5.92. The van der Waals surface area contributed by atoms with Crippen LogP contribution in [0.25, 0.3) is 11.0 Å². The molecule has 0 bridgehead atoms. The Labute approximate surface area is 167 Å². The average Bonchev–Trinajstić information content (AvgIpc) is 2.71. The SMILES string of the molecule is CCN(C(C)=O)c1nc2ccccc2n(CC(=O)Nc2ccccc2OC)c1=O. The molecule has 8 nitrogen and oxygen atoms in total. The van der Waals surface area contributed by atoms with Gasteiger partial charge in [0.05, 0.1) is 23.8 Å². The van der Waals surface area contributed by atoms with Gasteiger partial charge >= 0.3 is 0 Å². The topological polar surface area (TPSA) is 93.5 Å². The number of hydrogen-bond donors (Lipinski definition) is 1. The standard InChI is InChI=1S/C21H22N4O4/c1-4-24(14(2)26)20-21(28)25(17-11-7-5-9-15(17)23-20)13-19(27)22-16-10-6-8-12-18(16)29-3/h5-12H,4,13H2,1-3H3,(H,22,27). The number of nitrogens with one attached hydrogen (secondary N) is 1. The predicted octanol–water partition coefficient (Wildman–Crippen LogP) is 2.42. The minimum atomic E-state index is -0.504. The Balaban J connectivity index is 2.04. The van der Waals surface area contributed by atoms with Crippen LogP contribution in [0.3, 0.4) is 0 Å². The number of rotatable bonds is 6. The maximum absolute atomic E-state index is 13.1. The first kappa shape index (κ1) is 20.1.